The molecule has 2 nitrogen and oxygen atoms in total. The molecule has 5 aliphatic rings. The van der Waals surface area contributed by atoms with Gasteiger partial charge in [0.25, 0.3) is 0 Å². The predicted molar refractivity (Wildman–Crippen MR) is 120 cm³/mol. The molecule has 4 fully saturated rings. The fourth-order valence-corrected chi connectivity index (χ4v) is 7.40. The van der Waals surface area contributed by atoms with Gasteiger partial charge in [0.05, 0.1) is 17.3 Å². The Kier molecular flexibility index (Phi) is 4.13. The summed E-state index contributed by atoms with van der Waals surface area (Å²) in [5.74, 6) is 2.59. The Balaban J connectivity index is 1.55. The zero-order valence-corrected chi connectivity index (χ0v) is 17.4. The van der Waals surface area contributed by atoms with Crippen molar-refractivity contribution in [3.63, 3.8) is 0 Å². The second-order valence-electron chi connectivity index (χ2n) is 9.97. The largest absolute Gasteiger partial charge is 0.354 e. The maximum atomic E-state index is 10.1. The minimum Gasteiger partial charge on any atom is -0.354 e. The van der Waals surface area contributed by atoms with Crippen molar-refractivity contribution in [2.45, 2.75) is 50.1 Å². The van der Waals surface area contributed by atoms with Crippen LogP contribution in [0.3, 0.4) is 0 Å². The molecule has 0 amide bonds. The summed E-state index contributed by atoms with van der Waals surface area (Å²) in [4.78, 5) is 2.71. The summed E-state index contributed by atoms with van der Waals surface area (Å²) in [7, 11) is 0. The Hall–Kier alpha value is -2.79. The van der Waals surface area contributed by atoms with Crippen LogP contribution in [0.4, 0.5) is 0 Å². The van der Waals surface area contributed by atoms with E-state index in [9.17, 15) is 5.26 Å². The number of nitriles is 1. The zero-order valence-electron chi connectivity index (χ0n) is 17.4. The molecule has 0 radical (unpaired) electrons. The molecule has 0 saturated heterocycles. The van der Waals surface area contributed by atoms with Crippen molar-refractivity contribution >= 4 is 5.70 Å². The van der Waals surface area contributed by atoms with Gasteiger partial charge in [-0.05, 0) is 73.5 Å². The molecule has 7 rings (SSSR count). The van der Waals surface area contributed by atoms with Crippen molar-refractivity contribution in [3.8, 4) is 6.07 Å². The van der Waals surface area contributed by atoms with Crippen LogP contribution in [0.5, 0.6) is 0 Å². The highest BCUT2D eigenvalue weighted by Crippen LogP contribution is 2.61. The van der Waals surface area contributed by atoms with Crippen molar-refractivity contribution in [1.29, 1.82) is 5.26 Å². The first-order valence-corrected chi connectivity index (χ1v) is 11.5. The van der Waals surface area contributed by atoms with E-state index in [4.69, 9.17) is 0 Å². The van der Waals surface area contributed by atoms with Gasteiger partial charge < -0.3 is 4.90 Å². The van der Waals surface area contributed by atoms with E-state index in [1.54, 1.807) is 0 Å². The first-order valence-electron chi connectivity index (χ1n) is 11.5. The Morgan fingerprint density at radius 1 is 0.800 bits per heavy atom. The van der Waals surface area contributed by atoms with Gasteiger partial charge in [0.1, 0.15) is 6.07 Å². The first kappa shape index (κ1) is 18.0. The Bertz CT molecular complexity index is 1010. The van der Waals surface area contributed by atoms with Crippen LogP contribution in [0, 0.1) is 29.1 Å². The average molecular weight is 393 g/mol. The molecule has 4 saturated carbocycles. The normalized spacial score (nSPS) is 34.3. The SMILES string of the molecule is N#CC1=C(c2ccccc2)N(C23CC4CC(CC(C4)C2)C3)C(c2ccccc2)C=C1. The summed E-state index contributed by atoms with van der Waals surface area (Å²) in [6.07, 6.45) is 12.5. The quantitative estimate of drug-likeness (QED) is 0.596. The smallest absolute Gasteiger partial charge is 0.101 e. The lowest BCUT2D eigenvalue weighted by atomic mass is 9.52. The second kappa shape index (κ2) is 6.88. The number of rotatable bonds is 3. The molecular weight excluding hydrogens is 364 g/mol. The topological polar surface area (TPSA) is 27.0 Å². The number of hydrogen-bond donors (Lipinski definition) is 0. The van der Waals surface area contributed by atoms with Crippen LogP contribution in [-0.2, 0) is 0 Å². The van der Waals surface area contributed by atoms with Crippen molar-refractivity contribution in [2.75, 3.05) is 0 Å². The molecule has 2 aromatic rings. The maximum Gasteiger partial charge on any atom is 0.101 e. The van der Waals surface area contributed by atoms with Gasteiger partial charge in [0, 0.05) is 5.54 Å². The molecule has 4 aliphatic carbocycles. The highest BCUT2D eigenvalue weighted by Gasteiger charge is 2.55. The van der Waals surface area contributed by atoms with Gasteiger partial charge >= 0.3 is 0 Å². The van der Waals surface area contributed by atoms with E-state index in [-0.39, 0.29) is 11.6 Å². The van der Waals surface area contributed by atoms with Crippen molar-refractivity contribution < 1.29 is 0 Å². The molecule has 1 atom stereocenters. The van der Waals surface area contributed by atoms with Crippen LogP contribution in [0.25, 0.3) is 5.70 Å². The molecule has 2 aromatic carbocycles. The third-order valence-electron chi connectivity index (χ3n) is 8.05. The number of benzene rings is 2. The summed E-state index contributed by atoms with van der Waals surface area (Å²) in [6, 6.07) is 24.3. The lowest BCUT2D eigenvalue weighted by Gasteiger charge is -2.63. The highest BCUT2D eigenvalue weighted by molar-refractivity contribution is 5.76. The minimum atomic E-state index is 0.174. The molecule has 150 valence electrons. The van der Waals surface area contributed by atoms with Gasteiger partial charge in [-0.3, -0.25) is 0 Å². The minimum absolute atomic E-state index is 0.174. The van der Waals surface area contributed by atoms with E-state index in [1.165, 1.54) is 49.7 Å². The molecule has 0 spiro atoms. The highest BCUT2D eigenvalue weighted by atomic mass is 15.3. The van der Waals surface area contributed by atoms with Gasteiger partial charge in [-0.1, -0.05) is 66.7 Å². The fraction of sp³-hybridized carbons (Fsp3) is 0.393. The molecule has 30 heavy (non-hydrogen) atoms. The summed E-state index contributed by atoms with van der Waals surface area (Å²) in [5, 5.41) is 10.1. The third kappa shape index (κ3) is 2.76. The monoisotopic (exact) mass is 392 g/mol. The van der Waals surface area contributed by atoms with Crippen LogP contribution in [0.15, 0.2) is 78.4 Å². The van der Waals surface area contributed by atoms with E-state index >= 15 is 0 Å². The van der Waals surface area contributed by atoms with E-state index in [0.29, 0.717) is 0 Å². The molecule has 1 unspecified atom stereocenters. The van der Waals surface area contributed by atoms with E-state index in [1.807, 2.05) is 0 Å². The zero-order chi connectivity index (χ0) is 20.1. The molecule has 0 N–H and O–H groups in total. The van der Waals surface area contributed by atoms with Crippen LogP contribution >= 0.6 is 0 Å². The maximum absolute atomic E-state index is 10.1. The predicted octanol–water partition coefficient (Wildman–Crippen LogP) is 6.50. The summed E-state index contributed by atoms with van der Waals surface area (Å²) >= 11 is 0. The van der Waals surface area contributed by atoms with E-state index in [0.717, 1.165) is 29.0 Å². The van der Waals surface area contributed by atoms with Gasteiger partial charge in [0.2, 0.25) is 0 Å². The fourth-order valence-electron chi connectivity index (χ4n) is 7.40. The molecule has 4 bridgehead atoms. The van der Waals surface area contributed by atoms with Crippen LogP contribution < -0.4 is 0 Å². The van der Waals surface area contributed by atoms with Crippen LogP contribution in [0.1, 0.15) is 55.7 Å². The first-order chi connectivity index (χ1) is 14.8. The van der Waals surface area contributed by atoms with Crippen molar-refractivity contribution in [2.24, 2.45) is 17.8 Å². The Morgan fingerprint density at radius 3 is 1.93 bits per heavy atom. The molecule has 2 heteroatoms. The lowest BCUT2D eigenvalue weighted by molar-refractivity contribution is -0.0749. The van der Waals surface area contributed by atoms with Gasteiger partial charge in [-0.15, -0.1) is 0 Å². The average Bonchev–Trinajstić information content (AvgIpc) is 2.78. The van der Waals surface area contributed by atoms with Crippen molar-refractivity contribution in [1.82, 2.24) is 4.90 Å². The number of nitrogens with zero attached hydrogens (tertiary/aromatic N) is 2. The van der Waals surface area contributed by atoms with Gasteiger partial charge in [-0.25, -0.2) is 0 Å². The third-order valence-corrected chi connectivity index (χ3v) is 8.05. The molecule has 1 heterocycles. The second-order valence-corrected chi connectivity index (χ2v) is 9.97. The van der Waals surface area contributed by atoms with Crippen LogP contribution in [0.2, 0.25) is 0 Å². The number of hydrogen-bond acceptors (Lipinski definition) is 2. The standard InChI is InChI=1S/C28H28N2/c29-19-25-11-12-26(23-7-3-1-4-8-23)30(27(25)24-9-5-2-6-10-24)28-16-20-13-21(17-28)15-22(14-20)18-28/h1-12,20-22,26H,13-18H2. The Morgan fingerprint density at radius 2 is 1.37 bits per heavy atom. The van der Waals surface area contributed by atoms with E-state index in [2.05, 4.69) is 83.8 Å². The molecule has 0 aromatic heterocycles. The van der Waals surface area contributed by atoms with Crippen LogP contribution in [-0.4, -0.2) is 10.4 Å². The van der Waals surface area contributed by atoms with Gasteiger partial charge in [0.15, 0.2) is 0 Å². The Labute approximate surface area is 179 Å². The molecule has 1 aliphatic heterocycles. The lowest BCUT2D eigenvalue weighted by Crippen LogP contribution is -2.60. The summed E-state index contributed by atoms with van der Waals surface area (Å²) in [5.41, 5.74) is 4.64. The summed E-state index contributed by atoms with van der Waals surface area (Å²) in [6.45, 7) is 0. The van der Waals surface area contributed by atoms with Crippen molar-refractivity contribution in [3.05, 3.63) is 89.5 Å². The van der Waals surface area contributed by atoms with Gasteiger partial charge in [-0.2, -0.15) is 5.26 Å². The summed E-state index contributed by atoms with van der Waals surface area (Å²) < 4.78 is 0. The van der Waals surface area contributed by atoms with E-state index < -0.39 is 0 Å². The number of allylic oxidation sites excluding steroid dienone is 2. The molecular formula is C28H28N2.